The molecule has 18 heavy (non-hydrogen) atoms. The van der Waals surface area contributed by atoms with Gasteiger partial charge in [0, 0.05) is 16.8 Å². The summed E-state index contributed by atoms with van der Waals surface area (Å²) in [5, 5.41) is 2.89. The Kier molecular flexibility index (Phi) is 6.50. The van der Waals surface area contributed by atoms with E-state index in [0.29, 0.717) is 18.1 Å². The largest absolute Gasteiger partial charge is 0.495 e. The molecule has 0 aliphatic carbocycles. The Balaban J connectivity index is 2.74. The fourth-order valence-corrected chi connectivity index (χ4v) is 2.36. The van der Waals surface area contributed by atoms with E-state index in [1.54, 1.807) is 7.11 Å². The number of carbonyl (C=O) groups excluding carboxylic acids is 1. The third kappa shape index (κ3) is 4.50. The molecule has 0 bridgehead atoms. The normalized spacial score (nSPS) is 10.2. The SMILES string of the molecule is COc1cc(Br)cc(C)c1NC(=O)CCCCCl. The number of alkyl halides is 1. The number of benzene rings is 1. The van der Waals surface area contributed by atoms with Gasteiger partial charge >= 0.3 is 0 Å². The van der Waals surface area contributed by atoms with Crippen molar-refractivity contribution in [3.05, 3.63) is 22.2 Å². The van der Waals surface area contributed by atoms with Gasteiger partial charge in [-0.2, -0.15) is 0 Å². The molecule has 0 heterocycles. The second-order valence-electron chi connectivity index (χ2n) is 3.99. The van der Waals surface area contributed by atoms with E-state index in [9.17, 15) is 4.79 Å². The highest BCUT2D eigenvalue weighted by atomic mass is 79.9. The maximum absolute atomic E-state index is 11.8. The molecule has 0 aliphatic heterocycles. The number of amides is 1. The predicted octanol–water partition coefficient (Wildman–Crippen LogP) is 4.11. The van der Waals surface area contributed by atoms with Gasteiger partial charge in [-0.15, -0.1) is 11.6 Å². The molecule has 0 fully saturated rings. The van der Waals surface area contributed by atoms with Gasteiger partial charge < -0.3 is 10.1 Å². The summed E-state index contributed by atoms with van der Waals surface area (Å²) in [7, 11) is 1.59. The van der Waals surface area contributed by atoms with Crippen molar-refractivity contribution in [2.45, 2.75) is 26.2 Å². The fraction of sp³-hybridized carbons (Fsp3) is 0.462. The Labute approximate surface area is 121 Å². The topological polar surface area (TPSA) is 38.3 Å². The lowest BCUT2D eigenvalue weighted by molar-refractivity contribution is -0.116. The lowest BCUT2D eigenvalue weighted by Crippen LogP contribution is -2.13. The monoisotopic (exact) mass is 333 g/mol. The number of methoxy groups -OCH3 is 1. The van der Waals surface area contributed by atoms with Crippen molar-refractivity contribution in [3.8, 4) is 5.75 Å². The van der Waals surface area contributed by atoms with Gasteiger partial charge in [0.05, 0.1) is 12.8 Å². The minimum absolute atomic E-state index is 0.0103. The molecule has 0 radical (unpaired) electrons. The molecule has 0 saturated carbocycles. The van der Waals surface area contributed by atoms with Crippen LogP contribution in [0.3, 0.4) is 0 Å². The molecule has 1 N–H and O–H groups in total. The molecule has 1 aromatic carbocycles. The van der Waals surface area contributed by atoms with Crippen LogP contribution in [0.15, 0.2) is 16.6 Å². The third-order valence-corrected chi connectivity index (χ3v) is 3.26. The standard InChI is InChI=1S/C13H17BrClNO2/c1-9-7-10(14)8-11(18-2)13(9)16-12(17)5-3-4-6-15/h7-8H,3-6H2,1-2H3,(H,16,17). The quantitative estimate of drug-likeness (QED) is 0.628. The summed E-state index contributed by atoms with van der Waals surface area (Å²) in [4.78, 5) is 11.8. The van der Waals surface area contributed by atoms with Crippen LogP contribution in [0.1, 0.15) is 24.8 Å². The van der Waals surface area contributed by atoms with Crippen molar-refractivity contribution in [1.82, 2.24) is 0 Å². The van der Waals surface area contributed by atoms with Crippen molar-refractivity contribution < 1.29 is 9.53 Å². The molecule has 0 aromatic heterocycles. The van der Waals surface area contributed by atoms with Gasteiger partial charge in [0.15, 0.2) is 0 Å². The lowest BCUT2D eigenvalue weighted by Gasteiger charge is -2.13. The summed E-state index contributed by atoms with van der Waals surface area (Å²) >= 11 is 8.98. The number of nitrogens with one attached hydrogen (secondary N) is 1. The third-order valence-electron chi connectivity index (χ3n) is 2.54. The van der Waals surface area contributed by atoms with Gasteiger partial charge in [-0.25, -0.2) is 0 Å². The maximum atomic E-state index is 11.8. The van der Waals surface area contributed by atoms with Crippen LogP contribution in [0, 0.1) is 6.92 Å². The molecule has 0 saturated heterocycles. The average Bonchev–Trinajstić information content (AvgIpc) is 2.32. The molecule has 0 unspecified atom stereocenters. The van der Waals surface area contributed by atoms with Gasteiger partial charge in [-0.3, -0.25) is 4.79 Å². The molecular formula is C13H17BrClNO2. The van der Waals surface area contributed by atoms with E-state index in [2.05, 4.69) is 21.2 Å². The summed E-state index contributed by atoms with van der Waals surface area (Å²) in [5.41, 5.74) is 1.70. The maximum Gasteiger partial charge on any atom is 0.224 e. The second kappa shape index (κ2) is 7.64. The summed E-state index contributed by atoms with van der Waals surface area (Å²) in [6.07, 6.45) is 2.13. The van der Waals surface area contributed by atoms with Crippen molar-refractivity contribution in [2.24, 2.45) is 0 Å². The van der Waals surface area contributed by atoms with Crippen molar-refractivity contribution in [2.75, 3.05) is 18.3 Å². The van der Waals surface area contributed by atoms with Gasteiger partial charge in [0.1, 0.15) is 5.75 Å². The van der Waals surface area contributed by atoms with Gasteiger partial charge in [-0.05, 0) is 37.5 Å². The molecule has 0 atom stereocenters. The van der Waals surface area contributed by atoms with E-state index in [4.69, 9.17) is 16.3 Å². The second-order valence-corrected chi connectivity index (χ2v) is 5.29. The van der Waals surface area contributed by atoms with Gasteiger partial charge in [0.25, 0.3) is 0 Å². The number of rotatable bonds is 6. The van der Waals surface area contributed by atoms with E-state index in [0.717, 1.165) is 28.6 Å². The van der Waals surface area contributed by atoms with E-state index in [1.165, 1.54) is 0 Å². The number of ether oxygens (including phenoxy) is 1. The van der Waals surface area contributed by atoms with E-state index < -0.39 is 0 Å². The highest BCUT2D eigenvalue weighted by Crippen LogP contribution is 2.32. The first-order chi connectivity index (χ1) is 8.58. The van der Waals surface area contributed by atoms with E-state index in [-0.39, 0.29) is 5.91 Å². The number of halogens is 2. The number of hydrogen-bond donors (Lipinski definition) is 1. The first kappa shape index (κ1) is 15.3. The fourth-order valence-electron chi connectivity index (χ4n) is 1.62. The first-order valence-electron chi connectivity index (χ1n) is 5.78. The van der Waals surface area contributed by atoms with Gasteiger partial charge in [-0.1, -0.05) is 15.9 Å². The highest BCUT2D eigenvalue weighted by molar-refractivity contribution is 9.10. The van der Waals surface area contributed by atoms with Crippen LogP contribution in [0.4, 0.5) is 5.69 Å². The molecule has 3 nitrogen and oxygen atoms in total. The average molecular weight is 335 g/mol. The summed E-state index contributed by atoms with van der Waals surface area (Å²) < 4.78 is 6.20. The minimum atomic E-state index is -0.0103. The molecule has 1 amide bonds. The molecular weight excluding hydrogens is 318 g/mol. The Bertz CT molecular complexity index is 424. The zero-order valence-electron chi connectivity index (χ0n) is 10.6. The summed E-state index contributed by atoms with van der Waals surface area (Å²) in [6, 6.07) is 3.78. The smallest absolute Gasteiger partial charge is 0.224 e. The number of carbonyl (C=O) groups is 1. The zero-order chi connectivity index (χ0) is 13.5. The van der Waals surface area contributed by atoms with Crippen LogP contribution in [-0.2, 0) is 4.79 Å². The van der Waals surface area contributed by atoms with E-state index >= 15 is 0 Å². The predicted molar refractivity (Wildman–Crippen MR) is 78.6 cm³/mol. The number of unbranched alkanes of at least 4 members (excludes halogenated alkanes) is 1. The lowest BCUT2D eigenvalue weighted by atomic mass is 10.1. The molecule has 5 heteroatoms. The summed E-state index contributed by atoms with van der Waals surface area (Å²) in [6.45, 7) is 1.93. The Morgan fingerprint density at radius 3 is 2.78 bits per heavy atom. The molecule has 0 aliphatic rings. The van der Waals surface area contributed by atoms with Crippen LogP contribution in [0.25, 0.3) is 0 Å². The van der Waals surface area contributed by atoms with Gasteiger partial charge in [0.2, 0.25) is 5.91 Å². The Morgan fingerprint density at radius 2 is 2.17 bits per heavy atom. The number of hydrogen-bond acceptors (Lipinski definition) is 2. The Hall–Kier alpha value is -0.740. The molecule has 0 spiro atoms. The van der Waals surface area contributed by atoms with Crippen molar-refractivity contribution >= 4 is 39.1 Å². The highest BCUT2D eigenvalue weighted by Gasteiger charge is 2.11. The molecule has 100 valence electrons. The van der Waals surface area contributed by atoms with Crippen LogP contribution in [-0.4, -0.2) is 18.9 Å². The minimum Gasteiger partial charge on any atom is -0.495 e. The van der Waals surface area contributed by atoms with Crippen molar-refractivity contribution in [3.63, 3.8) is 0 Å². The first-order valence-corrected chi connectivity index (χ1v) is 7.11. The van der Waals surface area contributed by atoms with Crippen LogP contribution < -0.4 is 10.1 Å². The molecule has 1 aromatic rings. The zero-order valence-corrected chi connectivity index (χ0v) is 12.9. The van der Waals surface area contributed by atoms with Crippen LogP contribution in [0.5, 0.6) is 5.75 Å². The number of anilines is 1. The van der Waals surface area contributed by atoms with Crippen LogP contribution >= 0.6 is 27.5 Å². The number of aryl methyl sites for hydroxylation is 1. The molecule has 1 rings (SSSR count). The summed E-state index contributed by atoms with van der Waals surface area (Å²) in [5.74, 6) is 1.24. The van der Waals surface area contributed by atoms with E-state index in [1.807, 2.05) is 19.1 Å². The van der Waals surface area contributed by atoms with Crippen molar-refractivity contribution in [1.29, 1.82) is 0 Å². The Morgan fingerprint density at radius 1 is 1.44 bits per heavy atom. The van der Waals surface area contributed by atoms with Crippen LogP contribution in [0.2, 0.25) is 0 Å².